The van der Waals surface area contributed by atoms with Gasteiger partial charge in [0.1, 0.15) is 22.7 Å². The van der Waals surface area contributed by atoms with E-state index >= 15 is 0 Å². The number of esters is 1. The van der Waals surface area contributed by atoms with E-state index in [0.717, 1.165) is 12.8 Å². The SMILES string of the molecule is CCOC(=O)c1c(-c2ccc(F)cc2)oc2cc(N(S(=O)(=O)C(C)C)S(=O)(=O)C(C)C)c(C3CC3)cc12. The first-order chi connectivity index (χ1) is 17.3. The highest BCUT2D eigenvalue weighted by Crippen LogP contribution is 2.49. The van der Waals surface area contributed by atoms with Gasteiger partial charge in [-0.05, 0) is 89.3 Å². The number of carbonyl (C=O) groups excluding carboxylic acids is 1. The average Bonchev–Trinajstić information content (AvgIpc) is 3.59. The third kappa shape index (κ3) is 4.86. The summed E-state index contributed by atoms with van der Waals surface area (Å²) in [4.78, 5) is 13.0. The number of hydrogen-bond donors (Lipinski definition) is 0. The zero-order chi connectivity index (χ0) is 27.3. The molecule has 1 heterocycles. The molecule has 1 fully saturated rings. The fraction of sp³-hybridized carbons (Fsp3) is 0.423. The Bertz CT molecular complexity index is 1510. The van der Waals surface area contributed by atoms with Gasteiger partial charge in [0.25, 0.3) is 20.0 Å². The van der Waals surface area contributed by atoms with E-state index in [9.17, 15) is 26.0 Å². The Hall–Kier alpha value is -2.92. The van der Waals surface area contributed by atoms with Crippen LogP contribution in [0.2, 0.25) is 0 Å². The molecule has 0 aliphatic heterocycles. The lowest BCUT2D eigenvalue weighted by Crippen LogP contribution is -2.44. The summed E-state index contributed by atoms with van der Waals surface area (Å²) in [5, 5.41) is -1.65. The van der Waals surface area contributed by atoms with Gasteiger partial charge in [-0.1, -0.05) is 0 Å². The number of anilines is 1. The monoisotopic (exact) mass is 551 g/mol. The number of hydrogen-bond acceptors (Lipinski definition) is 7. The van der Waals surface area contributed by atoms with Crippen molar-refractivity contribution in [3.05, 3.63) is 53.3 Å². The molecule has 4 rings (SSSR count). The van der Waals surface area contributed by atoms with E-state index in [4.69, 9.17) is 9.15 Å². The highest BCUT2D eigenvalue weighted by Gasteiger charge is 2.42. The second-order valence-electron chi connectivity index (χ2n) is 9.60. The molecule has 1 aromatic heterocycles. The molecule has 0 saturated heterocycles. The van der Waals surface area contributed by atoms with Crippen LogP contribution in [0.4, 0.5) is 10.1 Å². The number of furan rings is 1. The predicted molar refractivity (Wildman–Crippen MR) is 140 cm³/mol. The van der Waals surface area contributed by atoms with Gasteiger partial charge in [0.15, 0.2) is 0 Å². The van der Waals surface area contributed by atoms with Gasteiger partial charge >= 0.3 is 5.97 Å². The number of nitrogens with zero attached hydrogens (tertiary/aromatic N) is 1. The van der Waals surface area contributed by atoms with Crippen molar-refractivity contribution in [3.8, 4) is 11.3 Å². The second-order valence-corrected chi connectivity index (χ2v) is 14.5. The van der Waals surface area contributed by atoms with E-state index in [1.165, 1.54) is 58.0 Å². The molecule has 0 bridgehead atoms. The molecule has 0 N–H and O–H groups in total. The number of carbonyl (C=O) groups is 1. The van der Waals surface area contributed by atoms with Crippen LogP contribution in [-0.2, 0) is 24.8 Å². The van der Waals surface area contributed by atoms with Gasteiger partial charge in [0.2, 0.25) is 0 Å². The van der Waals surface area contributed by atoms with E-state index in [2.05, 4.69) is 0 Å². The zero-order valence-electron chi connectivity index (χ0n) is 21.3. The van der Waals surface area contributed by atoms with Crippen molar-refractivity contribution in [2.24, 2.45) is 0 Å². The second kappa shape index (κ2) is 9.75. The lowest BCUT2D eigenvalue weighted by atomic mass is 10.0. The minimum atomic E-state index is -4.31. The van der Waals surface area contributed by atoms with E-state index in [-0.39, 0.29) is 35.1 Å². The Labute approximate surface area is 216 Å². The first-order valence-corrected chi connectivity index (χ1v) is 15.1. The smallest absolute Gasteiger partial charge is 0.342 e. The Kier molecular flexibility index (Phi) is 7.15. The predicted octanol–water partition coefficient (Wildman–Crippen LogP) is 5.58. The first kappa shape index (κ1) is 27.1. The molecule has 0 radical (unpaired) electrons. The number of fused-ring (bicyclic) bond motifs is 1. The quantitative estimate of drug-likeness (QED) is 0.319. The fourth-order valence-electron chi connectivity index (χ4n) is 4.04. The van der Waals surface area contributed by atoms with Gasteiger partial charge in [-0.15, -0.1) is 0 Å². The molecule has 2 aromatic carbocycles. The van der Waals surface area contributed by atoms with Crippen molar-refractivity contribution in [1.29, 1.82) is 0 Å². The van der Waals surface area contributed by atoms with E-state index in [0.29, 0.717) is 20.2 Å². The maximum Gasteiger partial charge on any atom is 0.342 e. The summed E-state index contributed by atoms with van der Waals surface area (Å²) in [5.74, 6) is -1.08. The van der Waals surface area contributed by atoms with Gasteiger partial charge < -0.3 is 9.15 Å². The summed E-state index contributed by atoms with van der Waals surface area (Å²) in [6.07, 6.45) is 1.49. The molecular weight excluding hydrogens is 521 g/mol. The summed E-state index contributed by atoms with van der Waals surface area (Å²) in [5.41, 5.74) is 1.13. The summed E-state index contributed by atoms with van der Waals surface area (Å²) in [7, 11) is -8.61. The first-order valence-electron chi connectivity index (χ1n) is 12.1. The van der Waals surface area contributed by atoms with Crippen LogP contribution in [-0.4, -0.2) is 39.9 Å². The highest BCUT2D eigenvalue weighted by atomic mass is 32.3. The Morgan fingerprint density at radius 3 is 2.08 bits per heavy atom. The average molecular weight is 552 g/mol. The third-order valence-corrected chi connectivity index (χ3v) is 11.2. The van der Waals surface area contributed by atoms with Crippen molar-refractivity contribution in [3.63, 3.8) is 0 Å². The van der Waals surface area contributed by atoms with E-state index in [1.807, 2.05) is 0 Å². The van der Waals surface area contributed by atoms with Crippen molar-refractivity contribution < 1.29 is 35.2 Å². The number of sulfonamides is 2. The lowest BCUT2D eigenvalue weighted by molar-refractivity contribution is 0.0528. The zero-order valence-corrected chi connectivity index (χ0v) is 22.9. The van der Waals surface area contributed by atoms with Crippen molar-refractivity contribution >= 4 is 42.7 Å². The van der Waals surface area contributed by atoms with Gasteiger partial charge in [-0.2, -0.15) is 3.71 Å². The van der Waals surface area contributed by atoms with Gasteiger partial charge in [-0.3, -0.25) is 0 Å². The van der Waals surface area contributed by atoms with Gasteiger partial charge in [0, 0.05) is 17.0 Å². The standard InChI is InChI=1S/C26H30FNO7S2/c1-6-34-26(29)24-21-13-20(17-7-8-17)22(28(36(30,31)15(2)3)37(32,33)16(4)5)14-23(21)35-25(24)18-9-11-19(27)12-10-18/h9-17H,6-8H2,1-5H3. The molecule has 37 heavy (non-hydrogen) atoms. The van der Waals surface area contributed by atoms with Crippen LogP contribution in [0.3, 0.4) is 0 Å². The van der Waals surface area contributed by atoms with Crippen LogP contribution in [0.1, 0.15) is 69.3 Å². The third-order valence-electron chi connectivity index (χ3n) is 6.29. The van der Waals surface area contributed by atoms with E-state index < -0.39 is 42.3 Å². The Morgan fingerprint density at radius 2 is 1.59 bits per heavy atom. The molecule has 11 heteroatoms. The molecule has 200 valence electrons. The van der Waals surface area contributed by atoms with Crippen LogP contribution in [0, 0.1) is 5.82 Å². The summed E-state index contributed by atoms with van der Waals surface area (Å²) >= 11 is 0. The van der Waals surface area contributed by atoms with Crippen LogP contribution in [0.5, 0.6) is 0 Å². The maximum atomic E-state index is 13.6. The number of halogens is 1. The molecule has 0 atom stereocenters. The topological polar surface area (TPSA) is 111 Å². The van der Waals surface area contributed by atoms with Gasteiger partial charge in [0.05, 0.1) is 22.8 Å². The molecule has 1 aliphatic rings. The minimum Gasteiger partial charge on any atom is -0.462 e. The lowest BCUT2D eigenvalue weighted by Gasteiger charge is -2.29. The van der Waals surface area contributed by atoms with Crippen molar-refractivity contribution in [2.75, 3.05) is 10.3 Å². The van der Waals surface area contributed by atoms with Crippen LogP contribution in [0.15, 0.2) is 40.8 Å². The van der Waals surface area contributed by atoms with Crippen molar-refractivity contribution in [2.45, 2.75) is 63.9 Å². The van der Waals surface area contributed by atoms with E-state index in [1.54, 1.807) is 13.0 Å². The Balaban J connectivity index is 2.08. The summed E-state index contributed by atoms with van der Waals surface area (Å²) < 4.78 is 79.2. The summed E-state index contributed by atoms with van der Waals surface area (Å²) in [6.45, 7) is 7.46. The molecule has 3 aromatic rings. The number of rotatable bonds is 9. The van der Waals surface area contributed by atoms with Crippen LogP contribution in [0.25, 0.3) is 22.3 Å². The highest BCUT2D eigenvalue weighted by molar-refractivity contribution is 8.10. The Morgan fingerprint density at radius 1 is 1.03 bits per heavy atom. The van der Waals surface area contributed by atoms with Crippen LogP contribution >= 0.6 is 0 Å². The molecule has 1 aliphatic carbocycles. The number of benzene rings is 2. The molecule has 1 saturated carbocycles. The normalized spacial score (nSPS) is 14.5. The fourth-order valence-corrected chi connectivity index (χ4v) is 7.86. The minimum absolute atomic E-state index is 0.00721. The van der Waals surface area contributed by atoms with Crippen molar-refractivity contribution in [1.82, 2.24) is 0 Å². The molecular formula is C26H30FNO7S2. The maximum absolute atomic E-state index is 13.6. The molecule has 0 spiro atoms. The molecule has 0 amide bonds. The van der Waals surface area contributed by atoms with Gasteiger partial charge in [-0.25, -0.2) is 26.0 Å². The largest absolute Gasteiger partial charge is 0.462 e. The summed E-state index contributed by atoms with van der Waals surface area (Å²) in [6, 6.07) is 8.37. The molecule has 0 unspecified atom stereocenters. The molecule has 8 nitrogen and oxygen atoms in total. The van der Waals surface area contributed by atoms with Crippen LogP contribution < -0.4 is 3.71 Å². The number of ether oxygens (including phenoxy) is 1.